The summed E-state index contributed by atoms with van der Waals surface area (Å²) >= 11 is 0. The number of ether oxygens (including phenoxy) is 2. The van der Waals surface area contributed by atoms with Crippen LogP contribution in [-0.4, -0.2) is 38.8 Å². The van der Waals surface area contributed by atoms with Gasteiger partial charge in [-0.25, -0.2) is 8.78 Å². The van der Waals surface area contributed by atoms with Crippen molar-refractivity contribution in [3.8, 4) is 11.5 Å². The highest BCUT2D eigenvalue weighted by atomic mass is 127. The van der Waals surface area contributed by atoms with E-state index in [0.29, 0.717) is 31.4 Å². The first-order chi connectivity index (χ1) is 12.7. The van der Waals surface area contributed by atoms with Crippen LogP contribution >= 0.6 is 24.0 Å². The molecule has 0 radical (unpaired) electrons. The molecule has 0 aliphatic carbocycles. The van der Waals surface area contributed by atoms with Gasteiger partial charge in [0.2, 0.25) is 0 Å². The lowest BCUT2D eigenvalue weighted by Crippen LogP contribution is -2.45. The summed E-state index contributed by atoms with van der Waals surface area (Å²) in [5.41, 5.74) is 0.0658. The van der Waals surface area contributed by atoms with Crippen LogP contribution in [0, 0.1) is 11.6 Å². The van der Waals surface area contributed by atoms with Crippen molar-refractivity contribution in [2.24, 2.45) is 4.99 Å². The van der Waals surface area contributed by atoms with Gasteiger partial charge in [0.15, 0.2) is 17.5 Å². The fourth-order valence-electron chi connectivity index (χ4n) is 2.67. The van der Waals surface area contributed by atoms with Gasteiger partial charge in [-0.2, -0.15) is 0 Å². The molecule has 0 aromatic heterocycles. The van der Waals surface area contributed by atoms with Gasteiger partial charge >= 0.3 is 0 Å². The third-order valence-corrected chi connectivity index (χ3v) is 4.02. The number of hydrogen-bond donors (Lipinski definition) is 2. The molecule has 5 nitrogen and oxygen atoms in total. The summed E-state index contributed by atoms with van der Waals surface area (Å²) < 4.78 is 38.8. The molecule has 8 heteroatoms. The number of para-hydroxylation sites is 2. The molecule has 2 N–H and O–H groups in total. The zero-order valence-electron chi connectivity index (χ0n) is 14.9. The van der Waals surface area contributed by atoms with Crippen molar-refractivity contribution < 1.29 is 18.3 Å². The molecule has 2 aromatic carbocycles. The molecule has 0 amide bonds. The minimum absolute atomic E-state index is 0. The van der Waals surface area contributed by atoms with E-state index in [-0.39, 0.29) is 42.1 Å². The summed E-state index contributed by atoms with van der Waals surface area (Å²) in [6.07, 6.45) is 0.0581. The van der Waals surface area contributed by atoms with Crippen LogP contribution in [0.4, 0.5) is 8.78 Å². The van der Waals surface area contributed by atoms with Crippen LogP contribution in [0.3, 0.4) is 0 Å². The number of rotatable bonds is 5. The first-order valence-corrected chi connectivity index (χ1v) is 8.43. The predicted octanol–water partition coefficient (Wildman–Crippen LogP) is 3.13. The molecule has 1 heterocycles. The first-order valence-electron chi connectivity index (χ1n) is 8.43. The van der Waals surface area contributed by atoms with Crippen molar-refractivity contribution in [3.63, 3.8) is 0 Å². The van der Waals surface area contributed by atoms with Crippen LogP contribution in [0.15, 0.2) is 47.5 Å². The smallest absolute Gasteiger partial charge is 0.191 e. The number of halogens is 3. The standard InChI is InChI=1S/C19H21F2N3O2.HI/c1-22-19(23-10-9-14-15(20)5-4-6-16(14)21)24-11-13-12-25-17-7-2-3-8-18(17)26-13;/h2-8,13H,9-12H2,1H3,(H2,22,23,24);1H. The van der Waals surface area contributed by atoms with Gasteiger partial charge < -0.3 is 20.1 Å². The number of fused-ring (bicyclic) bond motifs is 1. The Morgan fingerprint density at radius 2 is 1.78 bits per heavy atom. The van der Waals surface area contributed by atoms with Crippen molar-refractivity contribution in [1.82, 2.24) is 10.6 Å². The number of aliphatic imine (C=N–C) groups is 1. The molecule has 27 heavy (non-hydrogen) atoms. The maximum Gasteiger partial charge on any atom is 0.191 e. The summed E-state index contributed by atoms with van der Waals surface area (Å²) in [6, 6.07) is 11.4. The lowest BCUT2D eigenvalue weighted by atomic mass is 10.1. The zero-order valence-corrected chi connectivity index (χ0v) is 17.2. The van der Waals surface area contributed by atoms with Gasteiger partial charge in [0.25, 0.3) is 0 Å². The molecule has 1 aliphatic rings. The van der Waals surface area contributed by atoms with Gasteiger partial charge in [-0.15, -0.1) is 24.0 Å². The summed E-state index contributed by atoms with van der Waals surface area (Å²) in [7, 11) is 1.63. The minimum atomic E-state index is -0.541. The van der Waals surface area contributed by atoms with Crippen LogP contribution in [0.1, 0.15) is 5.56 Å². The van der Waals surface area contributed by atoms with E-state index >= 15 is 0 Å². The average Bonchev–Trinajstić information content (AvgIpc) is 2.66. The van der Waals surface area contributed by atoms with E-state index < -0.39 is 11.6 Å². The van der Waals surface area contributed by atoms with Crippen molar-refractivity contribution in [2.45, 2.75) is 12.5 Å². The summed E-state index contributed by atoms with van der Waals surface area (Å²) in [5.74, 6) is 0.897. The Morgan fingerprint density at radius 1 is 1.07 bits per heavy atom. The zero-order chi connectivity index (χ0) is 18.4. The van der Waals surface area contributed by atoms with E-state index in [2.05, 4.69) is 15.6 Å². The van der Waals surface area contributed by atoms with Gasteiger partial charge in [-0.05, 0) is 30.7 Å². The maximum absolute atomic E-state index is 13.6. The Bertz CT molecular complexity index is 769. The van der Waals surface area contributed by atoms with Crippen LogP contribution < -0.4 is 20.1 Å². The molecular formula is C19H22F2IN3O2. The molecule has 1 aliphatic heterocycles. The van der Waals surface area contributed by atoms with E-state index in [1.165, 1.54) is 18.2 Å². The lowest BCUT2D eigenvalue weighted by Gasteiger charge is -2.27. The highest BCUT2D eigenvalue weighted by Crippen LogP contribution is 2.30. The van der Waals surface area contributed by atoms with E-state index in [0.717, 1.165) is 5.75 Å². The van der Waals surface area contributed by atoms with E-state index in [1.807, 2.05) is 24.3 Å². The second-order valence-corrected chi connectivity index (χ2v) is 5.83. The second kappa shape index (κ2) is 10.3. The monoisotopic (exact) mass is 489 g/mol. The molecule has 0 spiro atoms. The highest BCUT2D eigenvalue weighted by Gasteiger charge is 2.20. The van der Waals surface area contributed by atoms with Crippen LogP contribution in [0.5, 0.6) is 11.5 Å². The average molecular weight is 489 g/mol. The molecule has 2 aromatic rings. The lowest BCUT2D eigenvalue weighted by molar-refractivity contribution is 0.0936. The van der Waals surface area contributed by atoms with E-state index in [1.54, 1.807) is 7.05 Å². The fourth-order valence-corrected chi connectivity index (χ4v) is 2.67. The maximum atomic E-state index is 13.6. The van der Waals surface area contributed by atoms with Crippen molar-refractivity contribution in [2.75, 3.05) is 26.7 Å². The number of guanidine groups is 1. The Labute approximate surface area is 174 Å². The van der Waals surface area contributed by atoms with Gasteiger partial charge in [0.05, 0.1) is 6.54 Å². The third-order valence-electron chi connectivity index (χ3n) is 4.02. The van der Waals surface area contributed by atoms with E-state index in [4.69, 9.17) is 9.47 Å². The molecule has 1 atom stereocenters. The Morgan fingerprint density at radius 3 is 2.48 bits per heavy atom. The Kier molecular flexibility index (Phi) is 8.08. The largest absolute Gasteiger partial charge is 0.486 e. The van der Waals surface area contributed by atoms with Crippen molar-refractivity contribution in [1.29, 1.82) is 0 Å². The Hall–Kier alpha value is -2.10. The van der Waals surface area contributed by atoms with Gasteiger partial charge in [0.1, 0.15) is 24.3 Å². The fraction of sp³-hybridized carbons (Fsp3) is 0.316. The van der Waals surface area contributed by atoms with Crippen LogP contribution in [0.2, 0.25) is 0 Å². The SMILES string of the molecule is CN=C(NCCc1c(F)cccc1F)NCC1COc2ccccc2O1.I. The van der Waals surface area contributed by atoms with Gasteiger partial charge in [-0.1, -0.05) is 18.2 Å². The number of nitrogens with zero attached hydrogens (tertiary/aromatic N) is 1. The topological polar surface area (TPSA) is 54.9 Å². The quantitative estimate of drug-likeness (QED) is 0.385. The summed E-state index contributed by atoms with van der Waals surface area (Å²) in [6.45, 7) is 1.27. The van der Waals surface area contributed by atoms with Gasteiger partial charge in [-0.3, -0.25) is 4.99 Å². The molecule has 0 saturated heterocycles. The van der Waals surface area contributed by atoms with Crippen LogP contribution in [-0.2, 0) is 6.42 Å². The predicted molar refractivity (Wildman–Crippen MR) is 111 cm³/mol. The summed E-state index contributed by atoms with van der Waals surface area (Å²) in [5, 5.41) is 6.17. The van der Waals surface area contributed by atoms with Crippen LogP contribution in [0.25, 0.3) is 0 Å². The first kappa shape index (κ1) is 21.2. The van der Waals surface area contributed by atoms with Crippen molar-refractivity contribution >= 4 is 29.9 Å². The summed E-state index contributed by atoms with van der Waals surface area (Å²) in [4.78, 5) is 4.10. The second-order valence-electron chi connectivity index (χ2n) is 5.83. The molecular weight excluding hydrogens is 467 g/mol. The van der Waals surface area contributed by atoms with E-state index in [9.17, 15) is 8.78 Å². The number of nitrogens with one attached hydrogen (secondary N) is 2. The third kappa shape index (κ3) is 5.69. The molecule has 0 bridgehead atoms. The molecule has 3 rings (SSSR count). The Balaban J connectivity index is 0.00000261. The minimum Gasteiger partial charge on any atom is -0.486 e. The highest BCUT2D eigenvalue weighted by molar-refractivity contribution is 14.0. The molecule has 1 unspecified atom stereocenters. The number of benzene rings is 2. The molecule has 146 valence electrons. The van der Waals surface area contributed by atoms with Gasteiger partial charge in [0, 0.05) is 19.2 Å². The molecule has 0 saturated carbocycles. The normalized spacial score (nSPS) is 15.7. The van der Waals surface area contributed by atoms with Crippen molar-refractivity contribution in [3.05, 3.63) is 59.7 Å². The molecule has 0 fully saturated rings. The number of hydrogen-bond acceptors (Lipinski definition) is 3.